The first kappa shape index (κ1) is 26.3. The lowest BCUT2D eigenvalue weighted by Crippen LogP contribution is -2.55. The van der Waals surface area contributed by atoms with Crippen molar-refractivity contribution in [2.24, 2.45) is 11.1 Å². The van der Waals surface area contributed by atoms with Crippen molar-refractivity contribution in [2.45, 2.75) is 58.7 Å². The number of halogens is 1. The van der Waals surface area contributed by atoms with Gasteiger partial charge in [-0.3, -0.25) is 9.59 Å². The number of aliphatic hydroxyl groups excluding tert-OH is 1. The zero-order chi connectivity index (χ0) is 22.8. The number of aromatic nitrogens is 1. The minimum atomic E-state index is -0.728. The molecule has 0 saturated carbocycles. The number of aryl methyl sites for hydroxylation is 1. The summed E-state index contributed by atoms with van der Waals surface area (Å²) >= 11 is 1.62. The van der Waals surface area contributed by atoms with Crippen molar-refractivity contribution in [1.29, 1.82) is 0 Å². The lowest BCUT2D eigenvalue weighted by atomic mass is 9.86. The van der Waals surface area contributed by atoms with E-state index in [4.69, 9.17) is 5.73 Å². The van der Waals surface area contributed by atoms with E-state index in [9.17, 15) is 14.7 Å². The number of nitrogens with zero attached hydrogens (tertiary/aromatic N) is 2. The van der Waals surface area contributed by atoms with E-state index in [1.807, 2.05) is 33.2 Å². The molecule has 4 N–H and O–H groups in total. The number of hydrogen-bond donors (Lipinski definition) is 3. The summed E-state index contributed by atoms with van der Waals surface area (Å²) in [6.45, 7) is 8.25. The summed E-state index contributed by atoms with van der Waals surface area (Å²) in [6.07, 6.45) is 0.199. The van der Waals surface area contributed by atoms with Crippen LogP contribution in [0.4, 0.5) is 0 Å². The van der Waals surface area contributed by atoms with Gasteiger partial charge in [0.25, 0.3) is 0 Å². The van der Waals surface area contributed by atoms with Gasteiger partial charge < -0.3 is 21.1 Å². The van der Waals surface area contributed by atoms with Crippen molar-refractivity contribution < 1.29 is 14.7 Å². The fourth-order valence-corrected chi connectivity index (χ4v) is 4.52. The van der Waals surface area contributed by atoms with Crippen LogP contribution in [0.15, 0.2) is 29.8 Å². The van der Waals surface area contributed by atoms with Crippen LogP contribution in [0.25, 0.3) is 10.4 Å². The van der Waals surface area contributed by atoms with Crippen LogP contribution >= 0.6 is 23.7 Å². The van der Waals surface area contributed by atoms with Crippen LogP contribution < -0.4 is 11.1 Å². The summed E-state index contributed by atoms with van der Waals surface area (Å²) < 4.78 is 0. The molecule has 0 aliphatic carbocycles. The highest BCUT2D eigenvalue weighted by Crippen LogP contribution is 2.27. The average molecular weight is 481 g/mol. The molecule has 7 nitrogen and oxygen atoms in total. The fraction of sp³-hybridized carbons (Fsp3) is 0.522. The molecule has 1 aromatic heterocycles. The minimum Gasteiger partial charge on any atom is -0.391 e. The van der Waals surface area contributed by atoms with Gasteiger partial charge in [-0.15, -0.1) is 23.7 Å². The van der Waals surface area contributed by atoms with E-state index in [0.29, 0.717) is 13.0 Å². The molecule has 3 atom stereocenters. The van der Waals surface area contributed by atoms with E-state index in [-0.39, 0.29) is 37.2 Å². The molecule has 1 aliphatic heterocycles. The number of benzene rings is 1. The Hall–Kier alpha value is -2.00. The number of thiazole rings is 1. The third-order valence-corrected chi connectivity index (χ3v) is 6.72. The second kappa shape index (κ2) is 10.7. The molecule has 0 bridgehead atoms. The lowest BCUT2D eigenvalue weighted by molar-refractivity contribution is -0.141. The molecule has 0 unspecified atom stereocenters. The third kappa shape index (κ3) is 6.07. The first-order valence-electron chi connectivity index (χ1n) is 10.6. The molecular formula is C23H33ClN4O3S. The highest BCUT2D eigenvalue weighted by atomic mass is 35.5. The molecule has 3 rings (SSSR count). The lowest BCUT2D eigenvalue weighted by Gasteiger charge is -2.32. The van der Waals surface area contributed by atoms with E-state index >= 15 is 0 Å². The van der Waals surface area contributed by atoms with Gasteiger partial charge in [0.2, 0.25) is 11.8 Å². The summed E-state index contributed by atoms with van der Waals surface area (Å²) in [5, 5.41) is 13.0. The van der Waals surface area contributed by atoms with Crippen LogP contribution in [0.5, 0.6) is 0 Å². The van der Waals surface area contributed by atoms with Crippen molar-refractivity contribution in [2.75, 3.05) is 13.1 Å². The largest absolute Gasteiger partial charge is 0.391 e. The molecule has 32 heavy (non-hydrogen) atoms. The predicted molar refractivity (Wildman–Crippen MR) is 130 cm³/mol. The molecule has 1 aliphatic rings. The Morgan fingerprint density at radius 2 is 1.97 bits per heavy atom. The second-order valence-electron chi connectivity index (χ2n) is 9.24. The van der Waals surface area contributed by atoms with Gasteiger partial charge >= 0.3 is 0 Å². The molecule has 9 heteroatoms. The van der Waals surface area contributed by atoms with Crippen LogP contribution in [0.2, 0.25) is 0 Å². The van der Waals surface area contributed by atoms with Crippen LogP contribution in [0.3, 0.4) is 0 Å². The molecule has 1 saturated heterocycles. The van der Waals surface area contributed by atoms with E-state index in [1.165, 1.54) is 4.90 Å². The first-order valence-corrected chi connectivity index (χ1v) is 11.5. The van der Waals surface area contributed by atoms with Gasteiger partial charge in [-0.05, 0) is 29.9 Å². The number of carbonyl (C=O) groups is 2. The number of hydrogen-bond acceptors (Lipinski definition) is 6. The van der Waals surface area contributed by atoms with Crippen LogP contribution in [0, 0.1) is 12.3 Å². The van der Waals surface area contributed by atoms with Gasteiger partial charge in [-0.1, -0.05) is 45.0 Å². The van der Waals surface area contributed by atoms with Gasteiger partial charge in [0, 0.05) is 19.5 Å². The molecule has 2 aromatic rings. The molecule has 0 spiro atoms. The van der Waals surface area contributed by atoms with Gasteiger partial charge in [-0.25, -0.2) is 4.98 Å². The molecule has 1 aromatic carbocycles. The maximum Gasteiger partial charge on any atom is 0.242 e. The van der Waals surface area contributed by atoms with Crippen molar-refractivity contribution >= 4 is 35.6 Å². The van der Waals surface area contributed by atoms with E-state index in [2.05, 4.69) is 34.6 Å². The van der Waals surface area contributed by atoms with Crippen molar-refractivity contribution in [3.8, 4) is 10.4 Å². The topological polar surface area (TPSA) is 109 Å². The van der Waals surface area contributed by atoms with E-state index < -0.39 is 23.6 Å². The highest BCUT2D eigenvalue weighted by Gasteiger charge is 2.42. The Bertz CT molecular complexity index is 926. The van der Waals surface area contributed by atoms with Crippen molar-refractivity contribution in [3.63, 3.8) is 0 Å². The Kier molecular flexibility index (Phi) is 8.82. The highest BCUT2D eigenvalue weighted by molar-refractivity contribution is 7.13. The monoisotopic (exact) mass is 480 g/mol. The first-order chi connectivity index (χ1) is 14.6. The molecule has 2 amide bonds. The number of β-amino-alcohol motifs (C(OH)–C–C–N with tert-alkyl or cyclic N) is 1. The molecular weight excluding hydrogens is 448 g/mol. The smallest absolute Gasteiger partial charge is 0.242 e. The summed E-state index contributed by atoms with van der Waals surface area (Å²) in [6, 6.07) is 6.83. The van der Waals surface area contributed by atoms with E-state index in [0.717, 1.165) is 21.7 Å². The molecule has 1 fully saturated rings. The maximum absolute atomic E-state index is 12.8. The van der Waals surface area contributed by atoms with Crippen molar-refractivity contribution in [3.05, 3.63) is 41.0 Å². The number of rotatable bonds is 6. The van der Waals surface area contributed by atoms with Gasteiger partial charge in [0.05, 0.1) is 28.2 Å². The number of carbonyl (C=O) groups excluding carboxylic acids is 2. The van der Waals surface area contributed by atoms with Crippen LogP contribution in [-0.2, 0) is 16.0 Å². The summed E-state index contributed by atoms with van der Waals surface area (Å²) in [4.78, 5) is 32.4. The zero-order valence-electron chi connectivity index (χ0n) is 19.0. The SMILES string of the molecule is Cc1ncsc1-c1ccc(CCNC(=O)[C@@H]2C[C@H](O)CN2C(=O)[C@@H](N)C(C)(C)C)cc1.Cl. The number of aliphatic hydroxyl groups is 1. The van der Waals surface area contributed by atoms with Gasteiger partial charge in [0.1, 0.15) is 6.04 Å². The number of nitrogens with one attached hydrogen (secondary N) is 1. The summed E-state index contributed by atoms with van der Waals surface area (Å²) in [5.74, 6) is -0.541. The normalized spacial score (nSPS) is 19.4. The Balaban J connectivity index is 0.00000363. The average Bonchev–Trinajstić information content (AvgIpc) is 3.32. The second-order valence-corrected chi connectivity index (χ2v) is 10.1. The Morgan fingerprint density at radius 3 is 2.53 bits per heavy atom. The number of likely N-dealkylation sites (tertiary alicyclic amines) is 1. The maximum atomic E-state index is 12.8. The van der Waals surface area contributed by atoms with Crippen molar-refractivity contribution in [1.82, 2.24) is 15.2 Å². The third-order valence-electron chi connectivity index (χ3n) is 5.74. The van der Waals surface area contributed by atoms with Gasteiger partial charge in [0.15, 0.2) is 0 Å². The minimum absolute atomic E-state index is 0. The van der Waals surface area contributed by atoms with Crippen LogP contribution in [0.1, 0.15) is 38.4 Å². The quantitative estimate of drug-likeness (QED) is 0.588. The molecule has 0 radical (unpaired) electrons. The molecule has 2 heterocycles. The standard InChI is InChI=1S/C23H32N4O3S.ClH/c1-14-19(31-13-26-14)16-7-5-15(6-8-16)9-10-25-21(29)18-11-17(28)12-27(18)22(30)20(24)23(2,3)4;/h5-8,13,17-18,20,28H,9-12,24H2,1-4H3,(H,25,29);1H/t17-,18-,20+;/m0./s1. The predicted octanol–water partition coefficient (Wildman–Crippen LogP) is 2.53. The zero-order valence-corrected chi connectivity index (χ0v) is 20.6. The van der Waals surface area contributed by atoms with Gasteiger partial charge in [-0.2, -0.15) is 0 Å². The Morgan fingerprint density at radius 1 is 1.31 bits per heavy atom. The summed E-state index contributed by atoms with van der Waals surface area (Å²) in [5.41, 5.74) is 10.8. The Labute approximate surface area is 199 Å². The summed E-state index contributed by atoms with van der Waals surface area (Å²) in [7, 11) is 0. The number of amides is 2. The van der Waals surface area contributed by atoms with E-state index in [1.54, 1.807) is 11.3 Å². The molecule has 176 valence electrons. The van der Waals surface area contributed by atoms with Crippen LogP contribution in [-0.4, -0.2) is 58.1 Å². The fourth-order valence-electron chi connectivity index (χ4n) is 3.70. The number of nitrogens with two attached hydrogens (primary N) is 1.